The maximum Gasteiger partial charge on any atom is 0.260 e. The van der Waals surface area contributed by atoms with Gasteiger partial charge >= 0.3 is 0 Å². The molecule has 1 amide bonds. The molecule has 0 unspecified atom stereocenters. The standard InChI is InChI=1S/C11H5BrF3NO2/c12-10-6(1-2-18-10)11(17)16-5-3-7(13)9(15)8(14)4-5/h1-4H,(H,16,17). The summed E-state index contributed by atoms with van der Waals surface area (Å²) in [5.41, 5.74) is -0.0374. The SMILES string of the molecule is O=C(Nc1cc(F)c(F)c(F)c1)c1ccoc1Br. The van der Waals surface area contributed by atoms with Crippen LogP contribution < -0.4 is 5.32 Å². The van der Waals surface area contributed by atoms with Gasteiger partial charge in [-0.25, -0.2) is 13.2 Å². The lowest BCUT2D eigenvalue weighted by Crippen LogP contribution is -2.12. The molecule has 1 heterocycles. The molecule has 94 valence electrons. The minimum absolute atomic E-state index is 0.153. The second-order valence-corrected chi connectivity index (χ2v) is 4.04. The second kappa shape index (κ2) is 4.85. The van der Waals surface area contributed by atoms with Crippen molar-refractivity contribution in [1.82, 2.24) is 0 Å². The Balaban J connectivity index is 2.25. The molecule has 0 bridgehead atoms. The van der Waals surface area contributed by atoms with Crippen LogP contribution in [0.25, 0.3) is 0 Å². The fourth-order valence-electron chi connectivity index (χ4n) is 1.28. The van der Waals surface area contributed by atoms with Crippen molar-refractivity contribution in [3.8, 4) is 0 Å². The number of hydrogen-bond acceptors (Lipinski definition) is 2. The molecular formula is C11H5BrF3NO2. The molecule has 1 aromatic heterocycles. The quantitative estimate of drug-likeness (QED) is 0.857. The van der Waals surface area contributed by atoms with Crippen LogP contribution in [0.15, 0.2) is 33.5 Å². The van der Waals surface area contributed by atoms with Crippen molar-refractivity contribution < 1.29 is 22.4 Å². The lowest BCUT2D eigenvalue weighted by atomic mass is 10.2. The first-order valence-electron chi connectivity index (χ1n) is 4.68. The Morgan fingerprint density at radius 2 is 1.83 bits per heavy atom. The molecule has 1 aromatic carbocycles. The van der Waals surface area contributed by atoms with Crippen LogP contribution in [0.3, 0.4) is 0 Å². The minimum atomic E-state index is -1.59. The number of furan rings is 1. The van der Waals surface area contributed by atoms with Crippen molar-refractivity contribution in [2.45, 2.75) is 0 Å². The fraction of sp³-hybridized carbons (Fsp3) is 0. The molecule has 0 atom stereocenters. The third kappa shape index (κ3) is 2.40. The second-order valence-electron chi connectivity index (χ2n) is 3.32. The van der Waals surface area contributed by atoms with Gasteiger partial charge < -0.3 is 9.73 Å². The molecule has 18 heavy (non-hydrogen) atoms. The lowest BCUT2D eigenvalue weighted by molar-refractivity contribution is 0.102. The molecule has 7 heteroatoms. The summed E-state index contributed by atoms with van der Waals surface area (Å²) in [6, 6.07) is 2.74. The number of hydrogen-bond donors (Lipinski definition) is 1. The molecule has 0 aliphatic heterocycles. The van der Waals surface area contributed by atoms with E-state index in [9.17, 15) is 18.0 Å². The van der Waals surface area contributed by atoms with Crippen LogP contribution >= 0.6 is 15.9 Å². The molecule has 0 aliphatic rings. The number of anilines is 1. The highest BCUT2D eigenvalue weighted by molar-refractivity contribution is 9.10. The predicted octanol–water partition coefficient (Wildman–Crippen LogP) is 3.71. The van der Waals surface area contributed by atoms with Gasteiger partial charge in [0.25, 0.3) is 5.91 Å². The maximum absolute atomic E-state index is 12.9. The summed E-state index contributed by atoms with van der Waals surface area (Å²) < 4.78 is 43.6. The zero-order valence-corrected chi connectivity index (χ0v) is 10.2. The van der Waals surface area contributed by atoms with Crippen LogP contribution in [-0.2, 0) is 0 Å². The molecule has 1 N–H and O–H groups in total. The van der Waals surface area contributed by atoms with E-state index < -0.39 is 23.4 Å². The smallest absolute Gasteiger partial charge is 0.260 e. The number of amides is 1. The number of carbonyl (C=O) groups excluding carboxylic acids is 1. The van der Waals surface area contributed by atoms with Crippen molar-refractivity contribution in [3.05, 3.63) is 52.1 Å². The summed E-state index contributed by atoms with van der Waals surface area (Å²) in [4.78, 5) is 11.7. The van der Waals surface area contributed by atoms with E-state index in [1.165, 1.54) is 12.3 Å². The highest BCUT2D eigenvalue weighted by Gasteiger charge is 2.15. The van der Waals surface area contributed by atoms with Gasteiger partial charge in [0.15, 0.2) is 22.1 Å². The van der Waals surface area contributed by atoms with Crippen LogP contribution in [0.4, 0.5) is 18.9 Å². The zero-order chi connectivity index (χ0) is 13.3. The Kier molecular flexibility index (Phi) is 3.42. The average Bonchev–Trinajstić information content (AvgIpc) is 2.72. The molecule has 2 rings (SSSR count). The molecule has 0 spiro atoms. The van der Waals surface area contributed by atoms with E-state index in [1.54, 1.807) is 0 Å². The molecule has 2 aromatic rings. The zero-order valence-electron chi connectivity index (χ0n) is 8.64. The molecule has 0 saturated carbocycles. The van der Waals surface area contributed by atoms with Gasteiger partial charge in [-0.15, -0.1) is 0 Å². The van der Waals surface area contributed by atoms with Gasteiger partial charge in [0.05, 0.1) is 11.8 Å². The van der Waals surface area contributed by atoms with Crippen molar-refractivity contribution in [2.24, 2.45) is 0 Å². The summed E-state index contributed by atoms with van der Waals surface area (Å²) in [6.45, 7) is 0. The van der Waals surface area contributed by atoms with E-state index in [1.807, 2.05) is 0 Å². The van der Waals surface area contributed by atoms with Gasteiger partial charge in [0.2, 0.25) is 0 Å². The first-order chi connectivity index (χ1) is 8.49. The topological polar surface area (TPSA) is 42.2 Å². The van der Waals surface area contributed by atoms with E-state index in [0.717, 1.165) is 0 Å². The fourth-order valence-corrected chi connectivity index (χ4v) is 1.70. The van der Waals surface area contributed by atoms with Crippen molar-refractivity contribution in [3.63, 3.8) is 0 Å². The summed E-state index contributed by atoms with van der Waals surface area (Å²) in [7, 11) is 0. The largest absolute Gasteiger partial charge is 0.457 e. The van der Waals surface area contributed by atoms with Crippen LogP contribution in [0.2, 0.25) is 0 Å². The average molecular weight is 320 g/mol. The molecular weight excluding hydrogens is 315 g/mol. The van der Waals surface area contributed by atoms with E-state index in [2.05, 4.69) is 21.2 Å². The maximum atomic E-state index is 12.9. The van der Waals surface area contributed by atoms with E-state index in [4.69, 9.17) is 4.42 Å². The number of nitrogens with one attached hydrogen (secondary N) is 1. The van der Waals surface area contributed by atoms with E-state index in [0.29, 0.717) is 12.1 Å². The molecule has 0 saturated heterocycles. The van der Waals surface area contributed by atoms with Gasteiger partial charge in [-0.3, -0.25) is 4.79 Å². The van der Waals surface area contributed by atoms with Crippen LogP contribution in [0.1, 0.15) is 10.4 Å². The number of rotatable bonds is 2. The molecule has 3 nitrogen and oxygen atoms in total. The Labute approximate surface area is 108 Å². The number of halogens is 4. The normalized spacial score (nSPS) is 10.4. The summed E-state index contributed by atoms with van der Waals surface area (Å²) in [6.07, 6.45) is 1.27. The third-order valence-corrected chi connectivity index (χ3v) is 2.72. The van der Waals surface area contributed by atoms with Gasteiger partial charge in [0, 0.05) is 17.8 Å². The highest BCUT2D eigenvalue weighted by Crippen LogP contribution is 2.21. The summed E-state index contributed by atoms with van der Waals surface area (Å²) in [5.74, 6) is -4.98. The van der Waals surface area contributed by atoms with Crippen LogP contribution in [0, 0.1) is 17.5 Å². The van der Waals surface area contributed by atoms with Crippen LogP contribution in [0.5, 0.6) is 0 Å². The predicted molar refractivity (Wildman–Crippen MR) is 60.7 cm³/mol. The monoisotopic (exact) mass is 319 g/mol. The van der Waals surface area contributed by atoms with E-state index in [-0.39, 0.29) is 15.9 Å². The summed E-state index contributed by atoms with van der Waals surface area (Å²) in [5, 5.41) is 2.22. The Morgan fingerprint density at radius 3 is 2.33 bits per heavy atom. The highest BCUT2D eigenvalue weighted by atomic mass is 79.9. The third-order valence-electron chi connectivity index (χ3n) is 2.10. The van der Waals surface area contributed by atoms with Gasteiger partial charge in [-0.2, -0.15) is 0 Å². The first kappa shape index (κ1) is 12.7. The van der Waals surface area contributed by atoms with Crippen molar-refractivity contribution in [2.75, 3.05) is 5.32 Å². The minimum Gasteiger partial charge on any atom is -0.457 e. The van der Waals surface area contributed by atoms with Crippen LogP contribution in [-0.4, -0.2) is 5.91 Å². The molecule has 0 fully saturated rings. The first-order valence-corrected chi connectivity index (χ1v) is 5.47. The lowest BCUT2D eigenvalue weighted by Gasteiger charge is -2.05. The molecule has 0 aliphatic carbocycles. The van der Waals surface area contributed by atoms with Crippen molar-refractivity contribution in [1.29, 1.82) is 0 Å². The number of benzene rings is 1. The van der Waals surface area contributed by atoms with Gasteiger partial charge in [-0.1, -0.05) is 0 Å². The summed E-state index contributed by atoms with van der Waals surface area (Å²) >= 11 is 2.99. The molecule has 0 radical (unpaired) electrons. The van der Waals surface area contributed by atoms with Crippen molar-refractivity contribution >= 4 is 27.5 Å². The van der Waals surface area contributed by atoms with E-state index >= 15 is 0 Å². The van der Waals surface area contributed by atoms with Gasteiger partial charge in [0.1, 0.15) is 0 Å². The van der Waals surface area contributed by atoms with Gasteiger partial charge in [-0.05, 0) is 22.0 Å². The Hall–Kier alpha value is -1.76. The Morgan fingerprint density at radius 1 is 1.22 bits per heavy atom. The number of carbonyl (C=O) groups is 1. The Bertz CT molecular complexity index is 589.